The standard InChI is InChI=1S/C13H15NO2/c1-2-4-13-12(3-1)10(9-16-13)7-11-8-14-5-6-15-11/h1-4,9,11,14H,5-8H2. The molecule has 1 N–H and O–H groups in total. The highest BCUT2D eigenvalue weighted by Crippen LogP contribution is 2.22. The summed E-state index contributed by atoms with van der Waals surface area (Å²) in [5.74, 6) is 0. The van der Waals surface area contributed by atoms with Crippen LogP contribution in [0.25, 0.3) is 11.0 Å². The van der Waals surface area contributed by atoms with Gasteiger partial charge in [-0.05, 0) is 6.07 Å². The molecule has 0 bridgehead atoms. The fraction of sp³-hybridized carbons (Fsp3) is 0.385. The molecule has 16 heavy (non-hydrogen) atoms. The van der Waals surface area contributed by atoms with Gasteiger partial charge < -0.3 is 14.5 Å². The van der Waals surface area contributed by atoms with Crippen molar-refractivity contribution in [2.75, 3.05) is 19.7 Å². The number of morpholine rings is 1. The van der Waals surface area contributed by atoms with Gasteiger partial charge in [0.15, 0.2) is 0 Å². The van der Waals surface area contributed by atoms with Gasteiger partial charge in [-0.3, -0.25) is 0 Å². The summed E-state index contributed by atoms with van der Waals surface area (Å²) in [6, 6.07) is 8.14. The van der Waals surface area contributed by atoms with Crippen LogP contribution in [0.5, 0.6) is 0 Å². The second-order valence-corrected chi connectivity index (χ2v) is 4.16. The Morgan fingerprint density at radius 1 is 1.31 bits per heavy atom. The molecule has 1 unspecified atom stereocenters. The molecule has 2 aromatic rings. The molecule has 1 aromatic carbocycles. The number of ether oxygens (including phenoxy) is 1. The van der Waals surface area contributed by atoms with Crippen LogP contribution in [0.3, 0.4) is 0 Å². The minimum atomic E-state index is 0.273. The van der Waals surface area contributed by atoms with Gasteiger partial charge in [0.25, 0.3) is 0 Å². The molecule has 0 spiro atoms. The highest BCUT2D eigenvalue weighted by Gasteiger charge is 2.16. The topological polar surface area (TPSA) is 34.4 Å². The molecule has 84 valence electrons. The van der Waals surface area contributed by atoms with Crippen LogP contribution >= 0.6 is 0 Å². The smallest absolute Gasteiger partial charge is 0.134 e. The molecule has 1 saturated heterocycles. The van der Waals surface area contributed by atoms with Crippen molar-refractivity contribution in [2.24, 2.45) is 0 Å². The van der Waals surface area contributed by atoms with Gasteiger partial charge in [0.2, 0.25) is 0 Å². The molecule has 0 amide bonds. The van der Waals surface area contributed by atoms with Gasteiger partial charge in [-0.15, -0.1) is 0 Å². The van der Waals surface area contributed by atoms with Crippen LogP contribution in [0, 0.1) is 0 Å². The first-order chi connectivity index (χ1) is 7.93. The van der Waals surface area contributed by atoms with Crippen molar-refractivity contribution in [1.29, 1.82) is 0 Å². The van der Waals surface area contributed by atoms with Gasteiger partial charge in [-0.25, -0.2) is 0 Å². The molecule has 0 saturated carbocycles. The van der Waals surface area contributed by atoms with E-state index < -0.39 is 0 Å². The maximum atomic E-state index is 5.70. The third-order valence-corrected chi connectivity index (χ3v) is 3.01. The summed E-state index contributed by atoms with van der Waals surface area (Å²) in [6.07, 6.45) is 3.04. The third-order valence-electron chi connectivity index (χ3n) is 3.01. The molecular formula is C13H15NO2. The van der Waals surface area contributed by atoms with E-state index in [1.807, 2.05) is 24.5 Å². The highest BCUT2D eigenvalue weighted by atomic mass is 16.5. The Bertz CT molecular complexity index is 471. The quantitative estimate of drug-likeness (QED) is 0.835. The predicted octanol–water partition coefficient (Wildman–Crippen LogP) is 1.96. The summed E-state index contributed by atoms with van der Waals surface area (Å²) in [4.78, 5) is 0. The number of rotatable bonds is 2. The van der Waals surface area contributed by atoms with Gasteiger partial charge in [0, 0.05) is 30.5 Å². The molecule has 0 radical (unpaired) electrons. The van der Waals surface area contributed by atoms with Gasteiger partial charge in [0.05, 0.1) is 19.0 Å². The third kappa shape index (κ3) is 1.84. The fourth-order valence-corrected chi connectivity index (χ4v) is 2.19. The summed E-state index contributed by atoms with van der Waals surface area (Å²) in [6.45, 7) is 2.70. The van der Waals surface area contributed by atoms with Crippen molar-refractivity contribution >= 4 is 11.0 Å². The van der Waals surface area contributed by atoms with Crippen LogP contribution in [0.15, 0.2) is 34.9 Å². The number of furan rings is 1. The highest BCUT2D eigenvalue weighted by molar-refractivity contribution is 5.80. The van der Waals surface area contributed by atoms with E-state index in [-0.39, 0.29) is 6.10 Å². The molecule has 3 rings (SSSR count). The van der Waals surface area contributed by atoms with Gasteiger partial charge in [-0.1, -0.05) is 18.2 Å². The molecule has 1 aromatic heterocycles. The molecule has 3 nitrogen and oxygen atoms in total. The molecule has 2 heterocycles. The van der Waals surface area contributed by atoms with E-state index in [0.29, 0.717) is 0 Å². The fourth-order valence-electron chi connectivity index (χ4n) is 2.19. The molecule has 1 aliphatic heterocycles. The minimum absolute atomic E-state index is 0.273. The van der Waals surface area contributed by atoms with Gasteiger partial charge in [0.1, 0.15) is 5.58 Å². The van der Waals surface area contributed by atoms with E-state index in [4.69, 9.17) is 9.15 Å². The largest absolute Gasteiger partial charge is 0.464 e. The molecule has 1 atom stereocenters. The maximum absolute atomic E-state index is 5.70. The first-order valence-corrected chi connectivity index (χ1v) is 5.71. The Balaban J connectivity index is 1.83. The number of hydrogen-bond donors (Lipinski definition) is 1. The lowest BCUT2D eigenvalue weighted by atomic mass is 10.1. The zero-order valence-electron chi connectivity index (χ0n) is 9.11. The van der Waals surface area contributed by atoms with Crippen LogP contribution in [-0.4, -0.2) is 25.8 Å². The lowest BCUT2D eigenvalue weighted by molar-refractivity contribution is 0.0293. The van der Waals surface area contributed by atoms with Crippen molar-refractivity contribution in [3.8, 4) is 0 Å². The van der Waals surface area contributed by atoms with Crippen LogP contribution in [0.2, 0.25) is 0 Å². The Labute approximate surface area is 94.4 Å². The average molecular weight is 217 g/mol. The molecular weight excluding hydrogens is 202 g/mol. The van der Waals surface area contributed by atoms with Crippen LogP contribution in [0.4, 0.5) is 0 Å². The number of hydrogen-bond acceptors (Lipinski definition) is 3. The maximum Gasteiger partial charge on any atom is 0.134 e. The normalized spacial score (nSPS) is 21.4. The van der Waals surface area contributed by atoms with Gasteiger partial charge >= 0.3 is 0 Å². The van der Waals surface area contributed by atoms with Crippen molar-refractivity contribution in [2.45, 2.75) is 12.5 Å². The van der Waals surface area contributed by atoms with Crippen molar-refractivity contribution < 1.29 is 9.15 Å². The Morgan fingerprint density at radius 3 is 3.12 bits per heavy atom. The van der Waals surface area contributed by atoms with E-state index in [9.17, 15) is 0 Å². The SMILES string of the molecule is c1ccc2c(CC3CNCCO3)coc2c1. The zero-order chi connectivity index (χ0) is 10.8. The first kappa shape index (κ1) is 9.87. The molecule has 0 aliphatic carbocycles. The summed E-state index contributed by atoms with van der Waals surface area (Å²) < 4.78 is 11.2. The average Bonchev–Trinajstić information content (AvgIpc) is 2.74. The van der Waals surface area contributed by atoms with Crippen molar-refractivity contribution in [3.63, 3.8) is 0 Å². The number of fused-ring (bicyclic) bond motifs is 1. The summed E-state index contributed by atoms with van der Waals surface area (Å²) >= 11 is 0. The van der Waals surface area contributed by atoms with Crippen LogP contribution in [-0.2, 0) is 11.2 Å². The minimum Gasteiger partial charge on any atom is -0.464 e. The Morgan fingerprint density at radius 2 is 2.25 bits per heavy atom. The summed E-state index contributed by atoms with van der Waals surface area (Å²) in [7, 11) is 0. The number of para-hydroxylation sites is 1. The first-order valence-electron chi connectivity index (χ1n) is 5.71. The molecule has 3 heteroatoms. The van der Waals surface area contributed by atoms with E-state index in [0.717, 1.165) is 31.7 Å². The zero-order valence-corrected chi connectivity index (χ0v) is 9.11. The van der Waals surface area contributed by atoms with E-state index in [1.165, 1.54) is 10.9 Å². The lowest BCUT2D eigenvalue weighted by Gasteiger charge is -2.23. The summed E-state index contributed by atoms with van der Waals surface area (Å²) in [5.41, 5.74) is 2.20. The second kappa shape index (κ2) is 4.28. The Kier molecular flexibility index (Phi) is 2.64. The van der Waals surface area contributed by atoms with Gasteiger partial charge in [-0.2, -0.15) is 0 Å². The van der Waals surface area contributed by atoms with E-state index >= 15 is 0 Å². The van der Waals surface area contributed by atoms with Crippen molar-refractivity contribution in [3.05, 3.63) is 36.1 Å². The summed E-state index contributed by atoms with van der Waals surface area (Å²) in [5, 5.41) is 4.54. The predicted molar refractivity (Wildman–Crippen MR) is 62.5 cm³/mol. The monoisotopic (exact) mass is 217 g/mol. The Hall–Kier alpha value is -1.32. The van der Waals surface area contributed by atoms with E-state index in [2.05, 4.69) is 11.4 Å². The van der Waals surface area contributed by atoms with Crippen LogP contribution < -0.4 is 5.32 Å². The lowest BCUT2D eigenvalue weighted by Crippen LogP contribution is -2.39. The number of benzene rings is 1. The number of nitrogens with one attached hydrogen (secondary N) is 1. The van der Waals surface area contributed by atoms with Crippen LogP contribution in [0.1, 0.15) is 5.56 Å². The molecule has 1 fully saturated rings. The second-order valence-electron chi connectivity index (χ2n) is 4.16. The van der Waals surface area contributed by atoms with Crippen molar-refractivity contribution in [1.82, 2.24) is 5.32 Å². The van der Waals surface area contributed by atoms with E-state index in [1.54, 1.807) is 0 Å². The molecule has 1 aliphatic rings.